The molecule has 0 amide bonds. The molecule has 0 aliphatic rings. The highest BCUT2D eigenvalue weighted by Gasteiger charge is 2.30. The van der Waals surface area contributed by atoms with Crippen LogP contribution >= 0.6 is 11.6 Å². The van der Waals surface area contributed by atoms with Crippen LogP contribution in [0.5, 0.6) is 5.75 Å². The van der Waals surface area contributed by atoms with Crippen molar-refractivity contribution in [2.24, 2.45) is 0 Å². The maximum Gasteiger partial charge on any atom is 0.422 e. The fourth-order valence-electron chi connectivity index (χ4n) is 1.57. The van der Waals surface area contributed by atoms with Gasteiger partial charge in [0.1, 0.15) is 12.4 Å². The first kappa shape index (κ1) is 20.4. The molecule has 0 heterocycles. The fourth-order valence-corrected chi connectivity index (χ4v) is 1.86. The zero-order chi connectivity index (χ0) is 18.5. The molecule has 24 heavy (non-hydrogen) atoms. The van der Waals surface area contributed by atoms with Crippen molar-refractivity contribution in [3.05, 3.63) is 28.3 Å². The first-order valence-electron chi connectivity index (χ1n) is 6.18. The Morgan fingerprint density at radius 2 is 1.67 bits per heavy atom. The van der Waals surface area contributed by atoms with Gasteiger partial charge in [-0.25, -0.2) is 4.79 Å². The van der Waals surface area contributed by atoms with Gasteiger partial charge in [-0.15, -0.1) is 0 Å². The van der Waals surface area contributed by atoms with Crippen LogP contribution in [0.4, 0.5) is 26.3 Å². The predicted molar refractivity (Wildman–Crippen MR) is 70.1 cm³/mol. The van der Waals surface area contributed by atoms with E-state index in [1.165, 1.54) is 0 Å². The molecule has 0 fully saturated rings. The molecule has 0 saturated heterocycles. The molecule has 0 aromatic heterocycles. The average molecular weight is 381 g/mol. The highest BCUT2D eigenvalue weighted by atomic mass is 35.5. The minimum atomic E-state index is -4.67. The topological polar surface area (TPSA) is 44.8 Å². The minimum absolute atomic E-state index is 0.246. The van der Waals surface area contributed by atoms with Crippen molar-refractivity contribution in [1.82, 2.24) is 0 Å². The van der Waals surface area contributed by atoms with Crippen LogP contribution in [0.15, 0.2) is 12.1 Å². The summed E-state index contributed by atoms with van der Waals surface area (Å²) in [6, 6.07) is 2.00. The van der Waals surface area contributed by atoms with E-state index < -0.39 is 48.9 Å². The molecule has 0 atom stereocenters. The van der Waals surface area contributed by atoms with Gasteiger partial charge >= 0.3 is 18.3 Å². The molecule has 0 aliphatic heterocycles. The average Bonchev–Trinajstić information content (AvgIpc) is 2.44. The molecule has 136 valence electrons. The molecule has 0 saturated carbocycles. The quantitative estimate of drug-likeness (QED) is 0.549. The van der Waals surface area contributed by atoms with Crippen LogP contribution in [-0.2, 0) is 16.1 Å². The van der Waals surface area contributed by atoms with Crippen molar-refractivity contribution in [3.63, 3.8) is 0 Å². The Morgan fingerprint density at radius 3 is 2.17 bits per heavy atom. The smallest absolute Gasteiger partial charge is 0.422 e. The Kier molecular flexibility index (Phi) is 6.73. The lowest BCUT2D eigenvalue weighted by Crippen LogP contribution is -2.21. The molecule has 0 unspecified atom stereocenters. The van der Waals surface area contributed by atoms with Gasteiger partial charge in [-0.1, -0.05) is 11.6 Å². The van der Waals surface area contributed by atoms with Gasteiger partial charge in [-0.3, -0.25) is 0 Å². The number of carbonyl (C=O) groups is 1. The number of esters is 1. The summed E-state index contributed by atoms with van der Waals surface area (Å²) in [6.07, 6.45) is -9.31. The van der Waals surface area contributed by atoms with Gasteiger partial charge in [-0.2, -0.15) is 26.3 Å². The number of carbonyl (C=O) groups excluding carboxylic acids is 1. The number of benzene rings is 1. The van der Waals surface area contributed by atoms with Crippen LogP contribution < -0.4 is 4.74 Å². The van der Waals surface area contributed by atoms with E-state index in [1.807, 2.05) is 0 Å². The van der Waals surface area contributed by atoms with Gasteiger partial charge < -0.3 is 14.2 Å². The van der Waals surface area contributed by atoms with Gasteiger partial charge in [0.15, 0.2) is 6.61 Å². The van der Waals surface area contributed by atoms with Crippen LogP contribution in [0.2, 0.25) is 5.02 Å². The van der Waals surface area contributed by atoms with Gasteiger partial charge in [0, 0.05) is 5.56 Å². The number of alkyl halides is 6. The van der Waals surface area contributed by atoms with Crippen LogP contribution in [0, 0.1) is 0 Å². The Labute approximate surface area is 137 Å². The highest BCUT2D eigenvalue weighted by molar-refractivity contribution is 6.34. The molecule has 0 N–H and O–H groups in total. The van der Waals surface area contributed by atoms with Crippen LogP contribution in [0.3, 0.4) is 0 Å². The summed E-state index contributed by atoms with van der Waals surface area (Å²) in [7, 11) is 1.03. The van der Waals surface area contributed by atoms with E-state index in [4.69, 9.17) is 11.6 Å². The van der Waals surface area contributed by atoms with Crippen molar-refractivity contribution < 1.29 is 45.3 Å². The monoisotopic (exact) mass is 380 g/mol. The van der Waals surface area contributed by atoms with Gasteiger partial charge in [0.25, 0.3) is 0 Å². The van der Waals surface area contributed by atoms with E-state index in [0.717, 1.165) is 19.2 Å². The molecular weight excluding hydrogens is 370 g/mol. The summed E-state index contributed by atoms with van der Waals surface area (Å²) in [5.41, 5.74) is -0.572. The molecule has 0 aliphatic carbocycles. The second-order valence-electron chi connectivity index (χ2n) is 4.41. The van der Waals surface area contributed by atoms with E-state index in [2.05, 4.69) is 14.2 Å². The maximum absolute atomic E-state index is 12.2. The third-order valence-corrected chi connectivity index (χ3v) is 2.94. The van der Waals surface area contributed by atoms with Crippen LogP contribution in [-0.4, -0.2) is 38.6 Å². The summed E-state index contributed by atoms with van der Waals surface area (Å²) < 4.78 is 86.4. The maximum atomic E-state index is 12.2. The second-order valence-corrected chi connectivity index (χ2v) is 4.79. The molecular formula is C13H11ClF6O4. The molecule has 1 rings (SSSR count). The fraction of sp³-hybridized carbons (Fsp3) is 0.462. The first-order chi connectivity index (χ1) is 10.9. The van der Waals surface area contributed by atoms with Crippen molar-refractivity contribution in [2.45, 2.75) is 19.0 Å². The highest BCUT2D eigenvalue weighted by Crippen LogP contribution is 2.33. The summed E-state index contributed by atoms with van der Waals surface area (Å²) in [6.45, 7) is -4.14. The van der Waals surface area contributed by atoms with E-state index >= 15 is 0 Å². The molecule has 4 nitrogen and oxygen atoms in total. The van der Waals surface area contributed by atoms with E-state index in [1.54, 1.807) is 0 Å². The molecule has 0 spiro atoms. The normalized spacial score (nSPS) is 12.2. The third-order valence-electron chi connectivity index (χ3n) is 2.51. The van der Waals surface area contributed by atoms with E-state index in [-0.39, 0.29) is 11.1 Å². The summed E-state index contributed by atoms with van der Waals surface area (Å²) >= 11 is 5.86. The lowest BCUT2D eigenvalue weighted by molar-refractivity contribution is -0.176. The van der Waals surface area contributed by atoms with Gasteiger partial charge in [0.05, 0.1) is 24.3 Å². The van der Waals surface area contributed by atoms with Crippen molar-refractivity contribution in [1.29, 1.82) is 0 Å². The Balaban J connectivity index is 3.08. The zero-order valence-corrected chi connectivity index (χ0v) is 12.8. The van der Waals surface area contributed by atoms with E-state index in [9.17, 15) is 31.1 Å². The van der Waals surface area contributed by atoms with Gasteiger partial charge in [-0.05, 0) is 12.1 Å². The summed E-state index contributed by atoms with van der Waals surface area (Å²) in [5.74, 6) is -1.37. The zero-order valence-electron chi connectivity index (χ0n) is 12.1. The molecule has 0 bridgehead atoms. The van der Waals surface area contributed by atoms with Gasteiger partial charge in [0.2, 0.25) is 0 Å². The number of hydrogen-bond acceptors (Lipinski definition) is 4. The number of ether oxygens (including phenoxy) is 3. The molecule has 1 aromatic rings. The number of hydrogen-bond donors (Lipinski definition) is 0. The summed E-state index contributed by atoms with van der Waals surface area (Å²) in [4.78, 5) is 11.5. The predicted octanol–water partition coefficient (Wildman–Crippen LogP) is 4.15. The molecule has 11 heteroatoms. The Hall–Kier alpha value is -1.68. The SMILES string of the molecule is COC(=O)c1ccc(OCC(F)(F)F)c(COCC(F)(F)F)c1Cl. The first-order valence-corrected chi connectivity index (χ1v) is 6.56. The lowest BCUT2D eigenvalue weighted by Gasteiger charge is -2.16. The summed E-state index contributed by atoms with van der Waals surface area (Å²) in [5, 5.41) is -0.413. The third kappa shape index (κ3) is 6.44. The van der Waals surface area contributed by atoms with Crippen molar-refractivity contribution in [2.75, 3.05) is 20.3 Å². The van der Waals surface area contributed by atoms with Crippen molar-refractivity contribution in [3.8, 4) is 5.75 Å². The Bertz CT molecular complexity index is 585. The largest absolute Gasteiger partial charge is 0.484 e. The van der Waals surface area contributed by atoms with Crippen molar-refractivity contribution >= 4 is 17.6 Å². The number of halogens is 7. The minimum Gasteiger partial charge on any atom is -0.484 e. The van der Waals surface area contributed by atoms with Crippen LogP contribution in [0.1, 0.15) is 15.9 Å². The van der Waals surface area contributed by atoms with Crippen LogP contribution in [0.25, 0.3) is 0 Å². The van der Waals surface area contributed by atoms with E-state index in [0.29, 0.717) is 0 Å². The number of rotatable bonds is 6. The standard InChI is InChI=1S/C13H11ClF6O4/c1-22-11(21)7-2-3-9(24-6-13(18,19)20)8(10(7)14)4-23-5-12(15,16)17/h2-3H,4-6H2,1H3. The second kappa shape index (κ2) is 7.93. The Morgan fingerprint density at radius 1 is 1.08 bits per heavy atom. The molecule has 0 radical (unpaired) electrons. The number of methoxy groups -OCH3 is 1. The molecule has 1 aromatic carbocycles. The lowest BCUT2D eigenvalue weighted by atomic mass is 10.1.